The molecule has 0 aliphatic carbocycles. The lowest BCUT2D eigenvalue weighted by atomic mass is 10.3. The van der Waals surface area contributed by atoms with Crippen molar-refractivity contribution in [1.29, 1.82) is 0 Å². The molecule has 2 aromatic heterocycles. The maximum absolute atomic E-state index is 12.5. The first-order valence-corrected chi connectivity index (χ1v) is 8.85. The third-order valence-electron chi connectivity index (χ3n) is 4.83. The van der Waals surface area contributed by atoms with Gasteiger partial charge in [-0.25, -0.2) is 4.98 Å². The van der Waals surface area contributed by atoms with Gasteiger partial charge in [0, 0.05) is 19.2 Å². The van der Waals surface area contributed by atoms with Crippen molar-refractivity contribution in [1.82, 2.24) is 14.5 Å². The molecule has 0 atom stereocenters. The van der Waals surface area contributed by atoms with Crippen molar-refractivity contribution in [3.05, 3.63) is 33.5 Å². The Balaban J connectivity index is 1.64. The molecule has 124 valence electrons. The number of rotatable bonds is 5. The van der Waals surface area contributed by atoms with Crippen molar-refractivity contribution in [2.75, 3.05) is 39.3 Å². The van der Waals surface area contributed by atoms with Gasteiger partial charge < -0.3 is 14.8 Å². The predicted octanol–water partition coefficient (Wildman–Crippen LogP) is -1.35. The van der Waals surface area contributed by atoms with Crippen LogP contribution in [0, 0.1) is 4.77 Å². The summed E-state index contributed by atoms with van der Waals surface area (Å²) in [5.74, 6) is 0. The van der Waals surface area contributed by atoms with Crippen LogP contribution in [0.1, 0.15) is 13.3 Å². The molecule has 23 heavy (non-hydrogen) atoms. The molecule has 0 spiro atoms. The van der Waals surface area contributed by atoms with Gasteiger partial charge in [-0.3, -0.25) is 9.36 Å². The second-order valence-electron chi connectivity index (χ2n) is 6.24. The minimum atomic E-state index is -0.0351. The molecule has 2 aromatic rings. The first-order valence-electron chi connectivity index (χ1n) is 8.44. The lowest BCUT2D eigenvalue weighted by Gasteiger charge is -2.29. The van der Waals surface area contributed by atoms with E-state index in [1.165, 1.54) is 32.7 Å². The first kappa shape index (κ1) is 16.3. The Hall–Kier alpha value is -1.57. The normalized spacial score (nSPS) is 21.6. The first-order chi connectivity index (χ1) is 11.2. The van der Waals surface area contributed by atoms with Gasteiger partial charge in [0.25, 0.3) is 5.56 Å². The second kappa shape index (κ2) is 7.33. The van der Waals surface area contributed by atoms with Crippen molar-refractivity contribution < 1.29 is 9.80 Å². The minimum Gasteiger partial charge on any atom is -0.326 e. The molecule has 1 fully saturated rings. The van der Waals surface area contributed by atoms with Crippen LogP contribution in [-0.2, 0) is 6.54 Å². The van der Waals surface area contributed by atoms with Crippen LogP contribution in [0.5, 0.6) is 0 Å². The van der Waals surface area contributed by atoms with Crippen LogP contribution in [-0.4, -0.2) is 53.8 Å². The van der Waals surface area contributed by atoms with Gasteiger partial charge in [-0.1, -0.05) is 0 Å². The fraction of sp³-hybridized carbons (Fsp3) is 0.562. The Morgan fingerprint density at radius 2 is 2.04 bits per heavy atom. The zero-order valence-corrected chi connectivity index (χ0v) is 14.4. The highest BCUT2D eigenvalue weighted by atomic mass is 32.1. The molecule has 3 rings (SSSR count). The molecule has 1 aliphatic heterocycles. The summed E-state index contributed by atoms with van der Waals surface area (Å²) < 4.78 is 2.14. The average Bonchev–Trinajstić information content (AvgIpc) is 2.58. The number of fused-ring (bicyclic) bond motifs is 1. The van der Waals surface area contributed by atoms with E-state index < -0.39 is 0 Å². The van der Waals surface area contributed by atoms with E-state index in [2.05, 4.69) is 16.9 Å². The molecule has 3 N–H and O–H groups in total. The lowest BCUT2D eigenvalue weighted by Crippen LogP contribution is -3.28. The lowest BCUT2D eigenvalue weighted by molar-refractivity contribution is -1.01. The quantitative estimate of drug-likeness (QED) is 0.592. The van der Waals surface area contributed by atoms with E-state index >= 15 is 0 Å². The Labute approximate surface area is 140 Å². The minimum absolute atomic E-state index is 0.0351. The van der Waals surface area contributed by atoms with E-state index in [4.69, 9.17) is 12.2 Å². The number of hydrogen-bond donors (Lipinski definition) is 3. The zero-order chi connectivity index (χ0) is 16.2. The molecule has 7 heteroatoms. The number of nitrogens with zero attached hydrogens (tertiary/aromatic N) is 2. The van der Waals surface area contributed by atoms with Gasteiger partial charge in [0.2, 0.25) is 0 Å². The molecule has 0 unspecified atom stereocenters. The number of piperazine rings is 1. The number of hydrogen-bond acceptors (Lipinski definition) is 3. The van der Waals surface area contributed by atoms with Gasteiger partial charge in [-0.05, 0) is 31.3 Å². The molecule has 0 amide bonds. The molecular formula is C16H25N5OS+2. The van der Waals surface area contributed by atoms with Crippen LogP contribution >= 0.6 is 12.2 Å². The van der Waals surface area contributed by atoms with Gasteiger partial charge >= 0.3 is 0 Å². The van der Waals surface area contributed by atoms with Crippen LogP contribution in [0.25, 0.3) is 11.0 Å². The SMILES string of the molecule is CC[NH+]1CC[NH+](CCCn2c(=S)[nH]c3ncccc3c2=O)CC1. The fourth-order valence-electron chi connectivity index (χ4n) is 3.33. The summed E-state index contributed by atoms with van der Waals surface area (Å²) in [6, 6.07) is 3.58. The number of aromatic nitrogens is 3. The molecule has 0 aromatic carbocycles. The predicted molar refractivity (Wildman–Crippen MR) is 92.6 cm³/mol. The van der Waals surface area contributed by atoms with Crippen molar-refractivity contribution in [3.8, 4) is 0 Å². The molecular weight excluding hydrogens is 310 g/mol. The molecule has 0 saturated carbocycles. The molecule has 6 nitrogen and oxygen atoms in total. The number of H-pyrrole nitrogens is 1. The summed E-state index contributed by atoms with van der Waals surface area (Å²) in [7, 11) is 0. The maximum Gasteiger partial charge on any atom is 0.263 e. The highest BCUT2D eigenvalue weighted by Crippen LogP contribution is 2.02. The molecule has 1 aliphatic rings. The van der Waals surface area contributed by atoms with E-state index in [9.17, 15) is 4.79 Å². The van der Waals surface area contributed by atoms with Gasteiger partial charge in [0.05, 0.1) is 18.5 Å². The van der Waals surface area contributed by atoms with E-state index in [1.807, 2.05) is 0 Å². The van der Waals surface area contributed by atoms with Crippen LogP contribution in [0.2, 0.25) is 0 Å². The molecule has 0 radical (unpaired) electrons. The van der Waals surface area contributed by atoms with Crippen LogP contribution in [0.4, 0.5) is 0 Å². The monoisotopic (exact) mass is 335 g/mol. The van der Waals surface area contributed by atoms with Crippen molar-refractivity contribution in [3.63, 3.8) is 0 Å². The van der Waals surface area contributed by atoms with Gasteiger partial charge in [-0.2, -0.15) is 0 Å². The highest BCUT2D eigenvalue weighted by Gasteiger charge is 2.20. The van der Waals surface area contributed by atoms with Gasteiger partial charge in [-0.15, -0.1) is 0 Å². The number of aromatic amines is 1. The van der Waals surface area contributed by atoms with Crippen molar-refractivity contribution in [2.24, 2.45) is 0 Å². The fourth-order valence-corrected chi connectivity index (χ4v) is 3.61. The largest absolute Gasteiger partial charge is 0.326 e. The van der Waals surface area contributed by atoms with E-state index in [0.717, 1.165) is 13.0 Å². The van der Waals surface area contributed by atoms with Gasteiger partial charge in [0.15, 0.2) is 4.77 Å². The van der Waals surface area contributed by atoms with E-state index in [0.29, 0.717) is 22.3 Å². The Kier molecular flexibility index (Phi) is 5.20. The summed E-state index contributed by atoms with van der Waals surface area (Å²) in [4.78, 5) is 23.1. The highest BCUT2D eigenvalue weighted by molar-refractivity contribution is 7.71. The number of pyridine rings is 1. The Morgan fingerprint density at radius 3 is 2.78 bits per heavy atom. The van der Waals surface area contributed by atoms with Crippen LogP contribution < -0.4 is 15.4 Å². The Morgan fingerprint density at radius 1 is 1.30 bits per heavy atom. The summed E-state index contributed by atoms with van der Waals surface area (Å²) in [6.07, 6.45) is 2.64. The maximum atomic E-state index is 12.5. The Bertz CT molecular complexity index is 776. The molecule has 1 saturated heterocycles. The van der Waals surface area contributed by atoms with E-state index in [-0.39, 0.29) is 5.56 Å². The average molecular weight is 335 g/mol. The summed E-state index contributed by atoms with van der Waals surface area (Å²) >= 11 is 5.33. The van der Waals surface area contributed by atoms with Gasteiger partial charge in [0.1, 0.15) is 31.8 Å². The summed E-state index contributed by atoms with van der Waals surface area (Å²) in [6.45, 7) is 10.2. The number of quaternary nitrogens is 2. The number of likely N-dealkylation sites (N-methyl/N-ethyl adjacent to an activating group) is 1. The van der Waals surface area contributed by atoms with Crippen LogP contribution in [0.3, 0.4) is 0 Å². The standard InChI is InChI=1S/C16H23N5OS/c1-2-19-9-11-20(12-10-19)7-4-8-21-15(22)13-5-3-6-17-14(13)18-16(21)23/h3,5-6H,2,4,7-12H2,1H3,(H,17,18,23)/p+2. The second-order valence-corrected chi connectivity index (χ2v) is 6.63. The summed E-state index contributed by atoms with van der Waals surface area (Å²) in [5.41, 5.74) is 0.537. The third kappa shape index (κ3) is 3.68. The van der Waals surface area contributed by atoms with Crippen molar-refractivity contribution >= 4 is 23.3 Å². The smallest absolute Gasteiger partial charge is 0.263 e. The van der Waals surface area contributed by atoms with Crippen LogP contribution in [0.15, 0.2) is 23.1 Å². The molecule has 3 heterocycles. The van der Waals surface area contributed by atoms with Crippen molar-refractivity contribution in [2.45, 2.75) is 19.9 Å². The third-order valence-corrected chi connectivity index (χ3v) is 5.15. The zero-order valence-electron chi connectivity index (χ0n) is 13.6. The number of nitrogens with one attached hydrogen (secondary N) is 3. The molecule has 0 bridgehead atoms. The summed E-state index contributed by atoms with van der Waals surface area (Å²) in [5, 5.41) is 0.605. The topological polar surface area (TPSA) is 59.6 Å². The van der Waals surface area contributed by atoms with E-state index in [1.54, 1.807) is 32.7 Å².